The van der Waals surface area contributed by atoms with Crippen molar-refractivity contribution >= 4 is 5.78 Å². The zero-order valence-electron chi connectivity index (χ0n) is 10.8. The summed E-state index contributed by atoms with van der Waals surface area (Å²) >= 11 is 0. The van der Waals surface area contributed by atoms with Gasteiger partial charge in [0.25, 0.3) is 0 Å². The molecule has 0 aliphatic carbocycles. The molecule has 0 unspecified atom stereocenters. The number of nitrogens with zero attached hydrogens (tertiary/aromatic N) is 3. The van der Waals surface area contributed by atoms with Crippen LogP contribution in [0.5, 0.6) is 0 Å². The topological polar surface area (TPSA) is 47.8 Å². The Bertz CT molecular complexity index is 528. The summed E-state index contributed by atoms with van der Waals surface area (Å²) in [7, 11) is 0. The summed E-state index contributed by atoms with van der Waals surface area (Å²) in [6, 6.07) is 3.67. The van der Waals surface area contributed by atoms with E-state index in [1.807, 2.05) is 29.8 Å². The molecule has 0 saturated carbocycles. The number of aryl methyl sites for hydroxylation is 2. The average Bonchev–Trinajstić information content (AvgIpc) is 2.78. The molecule has 0 aliphatic heterocycles. The van der Waals surface area contributed by atoms with Crippen LogP contribution in [0.2, 0.25) is 0 Å². The highest BCUT2D eigenvalue weighted by Gasteiger charge is 2.11. The van der Waals surface area contributed by atoms with E-state index in [0.717, 1.165) is 24.5 Å². The lowest BCUT2D eigenvalue weighted by Gasteiger charge is -2.05. The van der Waals surface area contributed by atoms with Crippen LogP contribution in [-0.4, -0.2) is 20.3 Å². The summed E-state index contributed by atoms with van der Waals surface area (Å²) < 4.78 is 2.03. The zero-order chi connectivity index (χ0) is 13.0. The fourth-order valence-corrected chi connectivity index (χ4v) is 1.83. The van der Waals surface area contributed by atoms with Gasteiger partial charge < -0.3 is 4.57 Å². The number of ketones is 1. The minimum Gasteiger partial charge on any atom is -0.335 e. The highest BCUT2D eigenvalue weighted by Crippen LogP contribution is 2.07. The third kappa shape index (κ3) is 2.83. The van der Waals surface area contributed by atoms with Gasteiger partial charge in [-0.1, -0.05) is 6.92 Å². The number of pyridine rings is 1. The molecule has 0 aromatic carbocycles. The van der Waals surface area contributed by atoms with Gasteiger partial charge in [-0.3, -0.25) is 9.78 Å². The van der Waals surface area contributed by atoms with Gasteiger partial charge >= 0.3 is 0 Å². The number of aromatic nitrogens is 3. The van der Waals surface area contributed by atoms with Crippen LogP contribution in [0.25, 0.3) is 0 Å². The first kappa shape index (κ1) is 12.5. The Morgan fingerprint density at radius 1 is 1.33 bits per heavy atom. The number of hydrogen-bond acceptors (Lipinski definition) is 3. The second-order valence-electron chi connectivity index (χ2n) is 4.33. The molecule has 0 saturated heterocycles. The van der Waals surface area contributed by atoms with Crippen LogP contribution in [0.15, 0.2) is 30.7 Å². The van der Waals surface area contributed by atoms with Crippen molar-refractivity contribution in [2.75, 3.05) is 0 Å². The van der Waals surface area contributed by atoms with Crippen LogP contribution < -0.4 is 0 Å². The minimum absolute atomic E-state index is 0.0612. The maximum Gasteiger partial charge on any atom is 0.171 e. The van der Waals surface area contributed by atoms with Crippen molar-refractivity contribution < 1.29 is 4.79 Å². The molecule has 2 heterocycles. The second-order valence-corrected chi connectivity index (χ2v) is 4.33. The zero-order valence-corrected chi connectivity index (χ0v) is 10.8. The number of hydrogen-bond donors (Lipinski definition) is 0. The van der Waals surface area contributed by atoms with E-state index in [-0.39, 0.29) is 5.78 Å². The molecule has 0 amide bonds. The maximum absolute atomic E-state index is 12.1. The smallest absolute Gasteiger partial charge is 0.171 e. The molecule has 18 heavy (non-hydrogen) atoms. The van der Waals surface area contributed by atoms with Crippen molar-refractivity contribution in [1.29, 1.82) is 0 Å². The van der Waals surface area contributed by atoms with Gasteiger partial charge in [-0.15, -0.1) is 0 Å². The third-order valence-corrected chi connectivity index (χ3v) is 2.82. The van der Waals surface area contributed by atoms with Crippen molar-refractivity contribution in [3.63, 3.8) is 0 Å². The summed E-state index contributed by atoms with van der Waals surface area (Å²) in [5.41, 5.74) is 1.56. The van der Waals surface area contributed by atoms with E-state index in [2.05, 4.69) is 16.9 Å². The van der Waals surface area contributed by atoms with Gasteiger partial charge in [-0.2, -0.15) is 0 Å². The standard InChI is InChI=1S/C14H17N3O/c1-3-7-17-8-6-15-14(17)9-13(18)12-5-4-11(2)16-10-12/h4-6,8,10H,3,7,9H2,1-2H3. The summed E-state index contributed by atoms with van der Waals surface area (Å²) in [4.78, 5) is 20.5. The number of imidazole rings is 1. The van der Waals surface area contributed by atoms with E-state index >= 15 is 0 Å². The summed E-state index contributed by atoms with van der Waals surface area (Å²) in [6.07, 6.45) is 6.65. The van der Waals surface area contributed by atoms with Crippen LogP contribution in [0, 0.1) is 6.92 Å². The number of carbonyl (C=O) groups is 1. The Morgan fingerprint density at radius 2 is 2.17 bits per heavy atom. The highest BCUT2D eigenvalue weighted by atomic mass is 16.1. The predicted octanol–water partition coefficient (Wildman–Crippen LogP) is 2.42. The first-order valence-corrected chi connectivity index (χ1v) is 6.16. The van der Waals surface area contributed by atoms with Gasteiger partial charge in [0, 0.05) is 36.4 Å². The molecule has 0 N–H and O–H groups in total. The van der Waals surface area contributed by atoms with Crippen LogP contribution in [-0.2, 0) is 13.0 Å². The maximum atomic E-state index is 12.1. The molecular formula is C14H17N3O. The van der Waals surface area contributed by atoms with Crippen molar-refractivity contribution in [2.45, 2.75) is 33.2 Å². The summed E-state index contributed by atoms with van der Waals surface area (Å²) in [6.45, 7) is 4.91. The van der Waals surface area contributed by atoms with Crippen molar-refractivity contribution in [2.24, 2.45) is 0 Å². The van der Waals surface area contributed by atoms with Gasteiger partial charge in [0.2, 0.25) is 0 Å². The lowest BCUT2D eigenvalue weighted by molar-refractivity contribution is 0.0989. The van der Waals surface area contributed by atoms with Crippen molar-refractivity contribution in [3.05, 3.63) is 47.8 Å². The lowest BCUT2D eigenvalue weighted by atomic mass is 10.1. The van der Waals surface area contributed by atoms with E-state index in [9.17, 15) is 4.79 Å². The Balaban J connectivity index is 2.11. The van der Waals surface area contributed by atoms with E-state index in [1.54, 1.807) is 12.4 Å². The second kappa shape index (κ2) is 5.58. The fraction of sp³-hybridized carbons (Fsp3) is 0.357. The monoisotopic (exact) mass is 243 g/mol. The molecule has 0 radical (unpaired) electrons. The molecule has 0 aliphatic rings. The van der Waals surface area contributed by atoms with E-state index in [1.165, 1.54) is 0 Å². The van der Waals surface area contributed by atoms with Crippen molar-refractivity contribution in [1.82, 2.24) is 14.5 Å². The van der Waals surface area contributed by atoms with E-state index < -0.39 is 0 Å². The molecule has 0 fully saturated rings. The van der Waals surface area contributed by atoms with Crippen LogP contribution >= 0.6 is 0 Å². The van der Waals surface area contributed by atoms with Gasteiger partial charge in [-0.25, -0.2) is 4.98 Å². The molecule has 0 bridgehead atoms. The summed E-state index contributed by atoms with van der Waals surface area (Å²) in [5.74, 6) is 0.883. The third-order valence-electron chi connectivity index (χ3n) is 2.82. The lowest BCUT2D eigenvalue weighted by Crippen LogP contribution is -2.10. The Hall–Kier alpha value is -1.97. The molecular weight excluding hydrogens is 226 g/mol. The van der Waals surface area contributed by atoms with Gasteiger partial charge in [0.1, 0.15) is 5.82 Å². The van der Waals surface area contributed by atoms with E-state index in [4.69, 9.17) is 0 Å². The quantitative estimate of drug-likeness (QED) is 0.758. The molecule has 2 aromatic heterocycles. The molecule has 0 atom stereocenters. The highest BCUT2D eigenvalue weighted by molar-refractivity contribution is 5.96. The molecule has 2 aromatic rings. The van der Waals surface area contributed by atoms with Gasteiger partial charge in [-0.05, 0) is 25.5 Å². The van der Waals surface area contributed by atoms with Gasteiger partial charge in [0.15, 0.2) is 5.78 Å². The van der Waals surface area contributed by atoms with Crippen LogP contribution in [0.4, 0.5) is 0 Å². The van der Waals surface area contributed by atoms with Crippen molar-refractivity contribution in [3.8, 4) is 0 Å². The largest absolute Gasteiger partial charge is 0.335 e. The van der Waals surface area contributed by atoms with Gasteiger partial charge in [0.05, 0.1) is 6.42 Å². The first-order chi connectivity index (χ1) is 8.70. The van der Waals surface area contributed by atoms with Crippen LogP contribution in [0.1, 0.15) is 35.2 Å². The predicted molar refractivity (Wildman–Crippen MR) is 69.5 cm³/mol. The minimum atomic E-state index is 0.0612. The molecule has 94 valence electrons. The number of rotatable bonds is 5. The SMILES string of the molecule is CCCn1ccnc1CC(=O)c1ccc(C)nc1. The fourth-order valence-electron chi connectivity index (χ4n) is 1.83. The first-order valence-electron chi connectivity index (χ1n) is 6.16. The molecule has 4 heteroatoms. The Kier molecular flexibility index (Phi) is 3.87. The Morgan fingerprint density at radius 3 is 2.83 bits per heavy atom. The van der Waals surface area contributed by atoms with E-state index in [0.29, 0.717) is 12.0 Å². The molecule has 0 spiro atoms. The van der Waals surface area contributed by atoms with Crippen LogP contribution in [0.3, 0.4) is 0 Å². The Labute approximate surface area is 107 Å². The molecule has 4 nitrogen and oxygen atoms in total. The molecule has 2 rings (SSSR count). The number of Topliss-reactive ketones (excluding diaryl/α,β-unsaturated/α-hetero) is 1. The average molecular weight is 243 g/mol. The summed E-state index contributed by atoms with van der Waals surface area (Å²) in [5, 5.41) is 0. The number of carbonyl (C=O) groups excluding carboxylic acids is 1. The normalized spacial score (nSPS) is 10.6.